The Kier molecular flexibility index (Phi) is 9.42. The number of amides is 1. The third-order valence-corrected chi connectivity index (χ3v) is 5.32. The van der Waals surface area contributed by atoms with E-state index in [4.69, 9.17) is 5.14 Å². The first-order chi connectivity index (χ1) is 15.1. The number of aliphatic imine (C=N–C) groups is 1. The van der Waals surface area contributed by atoms with Crippen LogP contribution in [-0.4, -0.2) is 60.4 Å². The molecular weight excluding hydrogens is 477 g/mol. The van der Waals surface area contributed by atoms with Crippen LogP contribution in [0.15, 0.2) is 32.8 Å². The van der Waals surface area contributed by atoms with E-state index < -0.39 is 46.2 Å². The number of alkyl halides is 2. The second-order valence-corrected chi connectivity index (χ2v) is 8.79. The van der Waals surface area contributed by atoms with E-state index in [1.807, 2.05) is 0 Å². The summed E-state index contributed by atoms with van der Waals surface area (Å²) in [4.78, 5) is 15.2. The lowest BCUT2D eigenvalue weighted by molar-refractivity contribution is -0.118. The summed E-state index contributed by atoms with van der Waals surface area (Å²) < 4.78 is 65.7. The zero-order valence-corrected chi connectivity index (χ0v) is 17.9. The zero-order chi connectivity index (χ0) is 23.7. The van der Waals surface area contributed by atoms with Crippen molar-refractivity contribution >= 4 is 39.2 Å². The fraction of sp³-hybridized carbons (Fsp3) is 0.375. The van der Waals surface area contributed by atoms with Crippen LogP contribution in [0.1, 0.15) is 24.1 Å². The predicted octanol–water partition coefficient (Wildman–Crippen LogP) is 0.842. The van der Waals surface area contributed by atoms with Gasteiger partial charge in [0.1, 0.15) is 18.3 Å². The number of rotatable bonds is 11. The molecule has 0 saturated heterocycles. The molecule has 0 bridgehead atoms. The number of benzene rings is 1. The molecule has 11 nitrogen and oxygen atoms in total. The molecule has 2 rings (SSSR count). The van der Waals surface area contributed by atoms with Crippen molar-refractivity contribution in [2.75, 3.05) is 30.1 Å². The second-order valence-electron chi connectivity index (χ2n) is 6.09. The van der Waals surface area contributed by atoms with Gasteiger partial charge in [0.15, 0.2) is 16.6 Å². The summed E-state index contributed by atoms with van der Waals surface area (Å²) in [5, 5.41) is 26.7. The van der Waals surface area contributed by atoms with Crippen molar-refractivity contribution in [3.8, 4) is 0 Å². The Morgan fingerprint density at radius 3 is 2.75 bits per heavy atom. The van der Waals surface area contributed by atoms with Crippen LogP contribution < -0.4 is 15.8 Å². The number of amidine groups is 1. The summed E-state index contributed by atoms with van der Waals surface area (Å²) in [5.41, 5.74) is -0.661. The number of halogens is 3. The quantitative estimate of drug-likeness (QED) is 0.152. The summed E-state index contributed by atoms with van der Waals surface area (Å²) >= 11 is 1.15. The normalized spacial score (nSPS) is 12.2. The Hall–Kier alpha value is -2.69. The first-order valence-electron chi connectivity index (χ1n) is 8.83. The van der Waals surface area contributed by atoms with Gasteiger partial charge >= 0.3 is 0 Å². The van der Waals surface area contributed by atoms with Gasteiger partial charge in [-0.2, -0.15) is 0 Å². The average molecular weight is 496 g/mol. The molecule has 16 heteroatoms. The van der Waals surface area contributed by atoms with E-state index in [1.54, 1.807) is 0 Å². The Balaban J connectivity index is 1.99. The third kappa shape index (κ3) is 8.10. The molecular formula is C16H19F3N6O5S2. The smallest absolute Gasteiger partial charge is 0.266 e. The Bertz CT molecular complexity index is 1060. The molecule has 0 spiro atoms. The summed E-state index contributed by atoms with van der Waals surface area (Å²) in [6.45, 7) is -0.498. The maximum absolute atomic E-state index is 13.5. The second kappa shape index (κ2) is 11.8. The highest BCUT2D eigenvalue weighted by molar-refractivity contribution is 7.99. The summed E-state index contributed by atoms with van der Waals surface area (Å²) in [5.74, 6) is -2.27. The van der Waals surface area contributed by atoms with Crippen molar-refractivity contribution in [1.82, 2.24) is 15.6 Å². The van der Waals surface area contributed by atoms with Gasteiger partial charge in [-0.3, -0.25) is 4.79 Å². The number of nitrogens with two attached hydrogens (primary N) is 1. The lowest BCUT2D eigenvalue weighted by Gasteiger charge is -2.10. The number of anilines is 1. The molecule has 1 heterocycles. The van der Waals surface area contributed by atoms with Gasteiger partial charge in [0.2, 0.25) is 15.9 Å². The van der Waals surface area contributed by atoms with Crippen molar-refractivity contribution in [2.24, 2.45) is 10.1 Å². The Labute approximate surface area is 184 Å². The number of nitrogens with one attached hydrogen (secondary N) is 2. The number of thioether (sulfide) groups is 1. The molecule has 1 aromatic heterocycles. The van der Waals surface area contributed by atoms with E-state index >= 15 is 0 Å². The van der Waals surface area contributed by atoms with Crippen LogP contribution in [0.25, 0.3) is 0 Å². The number of hydrogen-bond acceptors (Lipinski definition) is 9. The molecule has 0 atom stereocenters. The van der Waals surface area contributed by atoms with Crippen molar-refractivity contribution in [3.05, 3.63) is 35.3 Å². The fourth-order valence-electron chi connectivity index (χ4n) is 2.29. The van der Waals surface area contributed by atoms with Crippen LogP contribution >= 0.6 is 11.8 Å². The van der Waals surface area contributed by atoms with Gasteiger partial charge in [-0.15, -0.1) is 11.8 Å². The highest BCUT2D eigenvalue weighted by Gasteiger charge is 2.19. The highest BCUT2D eigenvalue weighted by atomic mass is 32.2. The van der Waals surface area contributed by atoms with Crippen LogP contribution in [0.4, 0.5) is 18.9 Å². The Morgan fingerprint density at radius 1 is 1.34 bits per heavy atom. The zero-order valence-electron chi connectivity index (χ0n) is 16.3. The third-order valence-electron chi connectivity index (χ3n) is 3.62. The highest BCUT2D eigenvalue weighted by Crippen LogP contribution is 2.26. The van der Waals surface area contributed by atoms with Crippen molar-refractivity contribution in [2.45, 2.75) is 17.9 Å². The topological polar surface area (TPSA) is 173 Å². The molecule has 0 aliphatic rings. The molecule has 0 saturated carbocycles. The van der Waals surface area contributed by atoms with E-state index in [0.29, 0.717) is 12.2 Å². The standard InChI is InChI=1S/C16H19F3N6O5S2/c17-11-3-2-9(6-10(11)14(18)19)23-15(22-8-26)13-16(25-30-24-13)31-5-1-4-21-12(27)7-32(20,28)29/h2-3,6,14,26H,1,4-5,7-8H2,(H,21,27)(H,22,23)(H2,20,28,29). The number of hydrogen-bond donors (Lipinski definition) is 4. The van der Waals surface area contributed by atoms with Gasteiger partial charge in [0.25, 0.3) is 6.43 Å². The number of carbonyl (C=O) groups is 1. The largest absolute Gasteiger partial charge is 0.374 e. The summed E-state index contributed by atoms with van der Waals surface area (Å²) in [6, 6.07) is 2.97. The maximum Gasteiger partial charge on any atom is 0.266 e. The minimum atomic E-state index is -3.91. The van der Waals surface area contributed by atoms with Gasteiger partial charge in [0.05, 0.1) is 5.56 Å². The molecule has 1 aromatic carbocycles. The van der Waals surface area contributed by atoms with Gasteiger partial charge in [-0.1, -0.05) is 0 Å². The van der Waals surface area contributed by atoms with Gasteiger partial charge in [0, 0.05) is 18.0 Å². The molecule has 0 radical (unpaired) electrons. The first-order valence-corrected chi connectivity index (χ1v) is 11.5. The molecule has 2 aromatic rings. The number of aliphatic hydroxyl groups is 1. The molecule has 0 aliphatic carbocycles. The maximum atomic E-state index is 13.5. The van der Waals surface area contributed by atoms with Crippen LogP contribution in [0.3, 0.4) is 0 Å². The van der Waals surface area contributed by atoms with E-state index in [2.05, 4.69) is 30.6 Å². The van der Waals surface area contributed by atoms with Crippen LogP contribution in [-0.2, 0) is 14.8 Å². The number of aromatic nitrogens is 2. The van der Waals surface area contributed by atoms with E-state index in [0.717, 1.165) is 23.9 Å². The SMILES string of the molecule is NS(=O)(=O)CC(=O)NCCCSc1nonc1/C(=N/CO)Nc1ccc(F)c(C(F)F)c1. The molecule has 0 unspecified atom stereocenters. The first kappa shape index (κ1) is 25.6. The minimum Gasteiger partial charge on any atom is -0.374 e. The predicted molar refractivity (Wildman–Crippen MR) is 109 cm³/mol. The van der Waals surface area contributed by atoms with Crippen molar-refractivity contribution in [1.29, 1.82) is 0 Å². The number of sulfonamides is 1. The monoisotopic (exact) mass is 496 g/mol. The van der Waals surface area contributed by atoms with E-state index in [1.165, 1.54) is 6.07 Å². The van der Waals surface area contributed by atoms with Gasteiger partial charge in [-0.05, 0) is 34.9 Å². The van der Waals surface area contributed by atoms with Crippen LogP contribution in [0, 0.1) is 5.82 Å². The van der Waals surface area contributed by atoms with E-state index in [9.17, 15) is 31.5 Å². The number of primary sulfonamides is 1. The molecule has 32 heavy (non-hydrogen) atoms. The fourth-order valence-corrected chi connectivity index (χ4v) is 3.60. The van der Waals surface area contributed by atoms with E-state index in [-0.39, 0.29) is 28.8 Å². The molecule has 0 aliphatic heterocycles. The number of carbonyl (C=O) groups excluding carboxylic acids is 1. The van der Waals surface area contributed by atoms with Gasteiger partial charge in [-0.25, -0.2) is 36.3 Å². The van der Waals surface area contributed by atoms with Crippen molar-refractivity contribution < 1.29 is 36.1 Å². The number of nitrogens with zero attached hydrogens (tertiary/aromatic N) is 3. The lowest BCUT2D eigenvalue weighted by Crippen LogP contribution is -2.33. The molecule has 1 amide bonds. The molecule has 5 N–H and O–H groups in total. The van der Waals surface area contributed by atoms with Crippen LogP contribution in [0.2, 0.25) is 0 Å². The molecule has 0 fully saturated rings. The van der Waals surface area contributed by atoms with Gasteiger partial charge < -0.3 is 15.7 Å². The minimum absolute atomic E-state index is 0.0514. The number of aliphatic hydroxyl groups excluding tert-OH is 1. The van der Waals surface area contributed by atoms with Crippen LogP contribution in [0.5, 0.6) is 0 Å². The summed E-state index contributed by atoms with van der Waals surface area (Å²) in [7, 11) is -3.91. The van der Waals surface area contributed by atoms with Crippen molar-refractivity contribution in [3.63, 3.8) is 0 Å². The molecule has 176 valence electrons. The lowest BCUT2D eigenvalue weighted by atomic mass is 10.2. The Morgan fingerprint density at radius 2 is 2.09 bits per heavy atom. The average Bonchev–Trinajstić information content (AvgIpc) is 3.15. The summed E-state index contributed by atoms with van der Waals surface area (Å²) in [6.07, 6.45) is -2.61.